The molecule has 0 saturated carbocycles. The number of alkyl halides is 1. The zero-order valence-electron chi connectivity index (χ0n) is 8.91. The van der Waals surface area contributed by atoms with Crippen LogP contribution >= 0.6 is 27.5 Å². The molecule has 0 radical (unpaired) electrons. The number of benzene rings is 1. The van der Waals surface area contributed by atoms with Gasteiger partial charge in [0, 0.05) is 17.2 Å². The Balaban J connectivity index is 2.38. The molecule has 0 bridgehead atoms. The van der Waals surface area contributed by atoms with Crippen molar-refractivity contribution in [3.05, 3.63) is 52.1 Å². The maximum absolute atomic E-state index is 13.8. The predicted molar refractivity (Wildman–Crippen MR) is 67.1 cm³/mol. The molecule has 0 spiro atoms. The first-order valence-corrected chi connectivity index (χ1v) is 6.07. The molecule has 1 unspecified atom stereocenters. The molecule has 1 atom stereocenters. The Morgan fingerprint density at radius 1 is 1.35 bits per heavy atom. The van der Waals surface area contributed by atoms with Crippen molar-refractivity contribution in [3.8, 4) is 5.75 Å². The highest BCUT2D eigenvalue weighted by molar-refractivity contribution is 9.10. The third-order valence-corrected chi connectivity index (χ3v) is 3.51. The van der Waals surface area contributed by atoms with Gasteiger partial charge in [0.25, 0.3) is 0 Å². The SMILES string of the molecule is COc1ccc(C(Cl)c2ccoc2Br)c(F)c1. The minimum absolute atomic E-state index is 0.384. The lowest BCUT2D eigenvalue weighted by molar-refractivity contribution is 0.410. The van der Waals surface area contributed by atoms with E-state index >= 15 is 0 Å². The van der Waals surface area contributed by atoms with Crippen LogP contribution in [-0.4, -0.2) is 7.11 Å². The van der Waals surface area contributed by atoms with E-state index in [0.29, 0.717) is 21.5 Å². The highest BCUT2D eigenvalue weighted by Crippen LogP contribution is 2.36. The van der Waals surface area contributed by atoms with Gasteiger partial charge in [-0.2, -0.15) is 0 Å². The van der Waals surface area contributed by atoms with Crippen LogP contribution in [0.15, 0.2) is 39.6 Å². The molecule has 2 nitrogen and oxygen atoms in total. The zero-order chi connectivity index (χ0) is 12.4. The minimum Gasteiger partial charge on any atom is -0.497 e. The van der Waals surface area contributed by atoms with Crippen LogP contribution in [-0.2, 0) is 0 Å². The van der Waals surface area contributed by atoms with Crippen LogP contribution in [0.25, 0.3) is 0 Å². The van der Waals surface area contributed by atoms with Crippen molar-refractivity contribution in [2.24, 2.45) is 0 Å². The van der Waals surface area contributed by atoms with E-state index in [1.54, 1.807) is 18.2 Å². The molecular weight excluding hydrogens is 310 g/mol. The van der Waals surface area contributed by atoms with Crippen molar-refractivity contribution in [2.75, 3.05) is 7.11 Å². The van der Waals surface area contributed by atoms with E-state index in [0.717, 1.165) is 0 Å². The van der Waals surface area contributed by atoms with E-state index in [4.69, 9.17) is 20.8 Å². The fraction of sp³-hybridized carbons (Fsp3) is 0.167. The third-order valence-electron chi connectivity index (χ3n) is 2.40. The Hall–Kier alpha value is -1.000. The van der Waals surface area contributed by atoms with E-state index in [1.807, 2.05) is 0 Å². The van der Waals surface area contributed by atoms with Crippen molar-refractivity contribution in [1.29, 1.82) is 0 Å². The fourth-order valence-electron chi connectivity index (χ4n) is 1.49. The number of hydrogen-bond acceptors (Lipinski definition) is 2. The topological polar surface area (TPSA) is 22.4 Å². The fourth-order valence-corrected chi connectivity index (χ4v) is 2.44. The van der Waals surface area contributed by atoms with Gasteiger partial charge in [0.15, 0.2) is 4.67 Å². The van der Waals surface area contributed by atoms with E-state index in [1.165, 1.54) is 19.4 Å². The van der Waals surface area contributed by atoms with Crippen molar-refractivity contribution in [1.82, 2.24) is 0 Å². The summed E-state index contributed by atoms with van der Waals surface area (Å²) in [5, 5.41) is -0.603. The summed E-state index contributed by atoms with van der Waals surface area (Å²) in [6, 6.07) is 6.27. The highest BCUT2D eigenvalue weighted by Gasteiger charge is 2.19. The monoisotopic (exact) mass is 318 g/mol. The van der Waals surface area contributed by atoms with Crippen molar-refractivity contribution < 1.29 is 13.5 Å². The maximum atomic E-state index is 13.8. The van der Waals surface area contributed by atoms with Gasteiger partial charge >= 0.3 is 0 Å². The summed E-state index contributed by atoms with van der Waals surface area (Å²) in [5.41, 5.74) is 1.07. The van der Waals surface area contributed by atoms with Gasteiger partial charge in [-0.1, -0.05) is 6.07 Å². The van der Waals surface area contributed by atoms with Gasteiger partial charge in [-0.15, -0.1) is 11.6 Å². The molecule has 0 aliphatic heterocycles. The summed E-state index contributed by atoms with van der Waals surface area (Å²) < 4.78 is 24.3. The second-order valence-corrected chi connectivity index (χ2v) is 4.56. The lowest BCUT2D eigenvalue weighted by Gasteiger charge is -2.10. The summed E-state index contributed by atoms with van der Waals surface area (Å²) in [4.78, 5) is 0. The second kappa shape index (κ2) is 5.10. The first-order chi connectivity index (χ1) is 8.13. The van der Waals surface area contributed by atoms with Crippen LogP contribution < -0.4 is 4.74 Å². The molecule has 0 aliphatic carbocycles. The molecule has 2 rings (SSSR count). The first kappa shape index (κ1) is 12.5. The molecule has 2 aromatic rings. The lowest BCUT2D eigenvalue weighted by atomic mass is 10.1. The normalized spacial score (nSPS) is 12.5. The molecule has 1 heterocycles. The van der Waals surface area contributed by atoms with E-state index < -0.39 is 11.2 Å². The van der Waals surface area contributed by atoms with Crippen LogP contribution in [0.2, 0.25) is 0 Å². The molecule has 1 aromatic carbocycles. The summed E-state index contributed by atoms with van der Waals surface area (Å²) in [6.07, 6.45) is 1.50. The zero-order valence-corrected chi connectivity index (χ0v) is 11.3. The Kier molecular flexibility index (Phi) is 3.74. The predicted octanol–water partition coefficient (Wildman–Crippen LogP) is 4.52. The quantitative estimate of drug-likeness (QED) is 0.776. The molecule has 0 saturated heterocycles. The third kappa shape index (κ3) is 2.48. The van der Waals surface area contributed by atoms with Gasteiger partial charge in [0.2, 0.25) is 0 Å². The summed E-state index contributed by atoms with van der Waals surface area (Å²) >= 11 is 9.43. The van der Waals surface area contributed by atoms with Crippen LogP contribution in [0.5, 0.6) is 5.75 Å². The standard InChI is InChI=1S/C12H9BrClFO2/c1-16-7-2-3-8(10(15)6-7)11(14)9-4-5-17-12(9)13/h2-6,11H,1H3. The molecule has 0 N–H and O–H groups in total. The molecular formula is C12H9BrClFO2. The van der Waals surface area contributed by atoms with Crippen LogP contribution in [0.3, 0.4) is 0 Å². The number of ether oxygens (including phenoxy) is 1. The number of rotatable bonds is 3. The van der Waals surface area contributed by atoms with Crippen LogP contribution in [0, 0.1) is 5.82 Å². The Labute approximate surface area is 111 Å². The molecule has 1 aromatic heterocycles. The molecule has 0 aliphatic rings. The summed E-state index contributed by atoms with van der Waals surface area (Å²) in [7, 11) is 1.49. The lowest BCUT2D eigenvalue weighted by Crippen LogP contribution is -1.97. The van der Waals surface area contributed by atoms with Gasteiger partial charge in [0.05, 0.1) is 18.8 Å². The van der Waals surface area contributed by atoms with Crippen LogP contribution in [0.1, 0.15) is 16.5 Å². The van der Waals surface area contributed by atoms with Gasteiger partial charge in [0.1, 0.15) is 11.6 Å². The number of furan rings is 1. The van der Waals surface area contributed by atoms with Gasteiger partial charge < -0.3 is 9.15 Å². The molecule has 17 heavy (non-hydrogen) atoms. The molecule has 5 heteroatoms. The Morgan fingerprint density at radius 2 is 2.12 bits per heavy atom. The maximum Gasteiger partial charge on any atom is 0.173 e. The van der Waals surface area contributed by atoms with Crippen LogP contribution in [0.4, 0.5) is 4.39 Å². The first-order valence-electron chi connectivity index (χ1n) is 4.84. The molecule has 0 fully saturated rings. The van der Waals surface area contributed by atoms with Gasteiger partial charge in [-0.3, -0.25) is 0 Å². The Bertz CT molecular complexity index is 527. The second-order valence-electron chi connectivity index (χ2n) is 3.40. The highest BCUT2D eigenvalue weighted by atomic mass is 79.9. The van der Waals surface area contributed by atoms with E-state index in [9.17, 15) is 4.39 Å². The van der Waals surface area contributed by atoms with E-state index in [2.05, 4.69) is 15.9 Å². The minimum atomic E-state index is -0.603. The van der Waals surface area contributed by atoms with Gasteiger partial charge in [-0.25, -0.2) is 4.39 Å². The van der Waals surface area contributed by atoms with Gasteiger partial charge in [-0.05, 0) is 28.1 Å². The summed E-state index contributed by atoms with van der Waals surface area (Å²) in [5.74, 6) is 0.0545. The number of hydrogen-bond donors (Lipinski definition) is 0. The number of halogens is 3. The number of methoxy groups -OCH3 is 1. The molecule has 0 amide bonds. The Morgan fingerprint density at radius 3 is 2.65 bits per heavy atom. The average molecular weight is 320 g/mol. The smallest absolute Gasteiger partial charge is 0.173 e. The van der Waals surface area contributed by atoms with Crippen molar-refractivity contribution in [3.63, 3.8) is 0 Å². The van der Waals surface area contributed by atoms with Crippen molar-refractivity contribution in [2.45, 2.75) is 5.38 Å². The van der Waals surface area contributed by atoms with Crippen molar-refractivity contribution >= 4 is 27.5 Å². The average Bonchev–Trinajstić information content (AvgIpc) is 2.74. The summed E-state index contributed by atoms with van der Waals surface area (Å²) in [6.45, 7) is 0. The van der Waals surface area contributed by atoms with E-state index in [-0.39, 0.29) is 0 Å². The largest absolute Gasteiger partial charge is 0.497 e. The molecule has 90 valence electrons.